The van der Waals surface area contributed by atoms with Crippen molar-refractivity contribution in [2.24, 2.45) is 0 Å². The molecule has 0 aliphatic carbocycles. The minimum absolute atomic E-state index is 0.134. The Hall–Kier alpha value is -3.87. The zero-order valence-corrected chi connectivity index (χ0v) is 14.3. The molecule has 0 bridgehead atoms. The molecule has 27 heavy (non-hydrogen) atoms. The van der Waals surface area contributed by atoms with Gasteiger partial charge in [-0.15, -0.1) is 0 Å². The monoisotopic (exact) mass is 361 g/mol. The van der Waals surface area contributed by atoms with Crippen LogP contribution in [0.3, 0.4) is 0 Å². The number of carbonyl (C=O) groups excluding carboxylic acids is 1. The minimum atomic E-state index is -1.13. The zero-order valence-electron chi connectivity index (χ0n) is 14.3. The Kier molecular flexibility index (Phi) is 3.97. The smallest absolute Gasteiger partial charge is 0.371 e. The van der Waals surface area contributed by atoms with Gasteiger partial charge in [-0.3, -0.25) is 9.89 Å². The molecular weight excluding hydrogens is 346 g/mol. The third-order valence-corrected chi connectivity index (χ3v) is 4.18. The van der Waals surface area contributed by atoms with E-state index in [9.17, 15) is 9.59 Å². The van der Waals surface area contributed by atoms with Crippen LogP contribution in [0.5, 0.6) is 0 Å². The van der Waals surface area contributed by atoms with Gasteiger partial charge in [0.05, 0.1) is 5.52 Å². The van der Waals surface area contributed by atoms with Crippen LogP contribution >= 0.6 is 0 Å². The third-order valence-electron chi connectivity index (χ3n) is 4.18. The van der Waals surface area contributed by atoms with Crippen molar-refractivity contribution in [2.45, 2.75) is 6.92 Å². The summed E-state index contributed by atoms with van der Waals surface area (Å²) >= 11 is 0. The lowest BCUT2D eigenvalue weighted by Gasteiger charge is -2.04. The number of carboxylic acids is 1. The van der Waals surface area contributed by atoms with Gasteiger partial charge >= 0.3 is 5.97 Å². The van der Waals surface area contributed by atoms with E-state index in [1.54, 1.807) is 36.4 Å². The minimum Gasteiger partial charge on any atom is -0.475 e. The fourth-order valence-corrected chi connectivity index (χ4v) is 2.84. The zero-order chi connectivity index (χ0) is 19.0. The van der Waals surface area contributed by atoms with Crippen LogP contribution in [0.15, 0.2) is 59.0 Å². The maximum Gasteiger partial charge on any atom is 0.371 e. The number of rotatable bonds is 4. The Morgan fingerprint density at radius 1 is 1.11 bits per heavy atom. The summed E-state index contributed by atoms with van der Waals surface area (Å²) in [4.78, 5) is 23.5. The molecule has 3 N–H and O–H groups in total. The van der Waals surface area contributed by atoms with Crippen LogP contribution in [0, 0.1) is 6.92 Å². The van der Waals surface area contributed by atoms with Crippen LogP contribution in [-0.4, -0.2) is 27.2 Å². The summed E-state index contributed by atoms with van der Waals surface area (Å²) in [6.45, 7) is 1.92. The summed E-state index contributed by atoms with van der Waals surface area (Å²) in [7, 11) is 0. The largest absolute Gasteiger partial charge is 0.475 e. The Labute approximate surface area is 153 Å². The molecule has 4 aromatic rings. The number of furan rings is 1. The van der Waals surface area contributed by atoms with Gasteiger partial charge in [0.1, 0.15) is 5.76 Å². The highest BCUT2D eigenvalue weighted by Crippen LogP contribution is 2.29. The molecule has 7 nitrogen and oxygen atoms in total. The van der Waals surface area contributed by atoms with Crippen LogP contribution in [-0.2, 0) is 0 Å². The molecule has 134 valence electrons. The first-order chi connectivity index (χ1) is 13.0. The molecule has 4 rings (SSSR count). The summed E-state index contributed by atoms with van der Waals surface area (Å²) < 4.78 is 5.34. The van der Waals surface area contributed by atoms with Crippen LogP contribution in [0.4, 0.5) is 5.82 Å². The Morgan fingerprint density at radius 2 is 1.96 bits per heavy atom. The lowest BCUT2D eigenvalue weighted by molar-refractivity contribution is 0.0663. The average molecular weight is 361 g/mol. The van der Waals surface area contributed by atoms with Gasteiger partial charge in [-0.05, 0) is 49.4 Å². The van der Waals surface area contributed by atoms with E-state index < -0.39 is 5.97 Å². The van der Waals surface area contributed by atoms with Gasteiger partial charge in [0, 0.05) is 16.5 Å². The maximum absolute atomic E-state index is 12.5. The van der Waals surface area contributed by atoms with Gasteiger partial charge in [-0.1, -0.05) is 17.7 Å². The molecular formula is C20H15N3O4. The van der Waals surface area contributed by atoms with Crippen LogP contribution < -0.4 is 5.32 Å². The molecule has 2 aromatic carbocycles. The number of hydrogen-bond acceptors (Lipinski definition) is 4. The number of nitrogens with one attached hydrogen (secondary N) is 2. The number of aromatic nitrogens is 2. The van der Waals surface area contributed by atoms with E-state index in [1.165, 1.54) is 6.07 Å². The van der Waals surface area contributed by atoms with Crippen LogP contribution in [0.25, 0.3) is 22.2 Å². The normalized spacial score (nSPS) is 10.9. The third kappa shape index (κ3) is 3.18. The van der Waals surface area contributed by atoms with Gasteiger partial charge in [0.15, 0.2) is 5.82 Å². The topological polar surface area (TPSA) is 108 Å². The summed E-state index contributed by atoms with van der Waals surface area (Å²) in [5.74, 6) is -0.708. The highest BCUT2D eigenvalue weighted by atomic mass is 16.4. The molecule has 1 amide bonds. The number of hydrogen-bond donors (Lipinski definition) is 3. The Morgan fingerprint density at radius 3 is 2.70 bits per heavy atom. The molecule has 2 aromatic heterocycles. The summed E-state index contributed by atoms with van der Waals surface area (Å²) in [6, 6.07) is 15.6. The molecule has 0 saturated carbocycles. The van der Waals surface area contributed by atoms with Gasteiger partial charge in [0.2, 0.25) is 5.76 Å². The van der Waals surface area contributed by atoms with E-state index >= 15 is 0 Å². The number of aromatic amines is 1. The number of fused-ring (bicyclic) bond motifs is 1. The van der Waals surface area contributed by atoms with Crippen LogP contribution in [0.2, 0.25) is 0 Å². The molecule has 0 atom stereocenters. The number of carboxylic acid groups (broad SMARTS) is 1. The molecule has 0 aliphatic rings. The lowest BCUT2D eigenvalue weighted by Crippen LogP contribution is -2.12. The number of nitrogens with zero attached hydrogens (tertiary/aromatic N) is 1. The van der Waals surface area contributed by atoms with Gasteiger partial charge < -0.3 is 14.8 Å². The number of amides is 1. The molecule has 0 spiro atoms. The van der Waals surface area contributed by atoms with Gasteiger partial charge in [0.25, 0.3) is 5.91 Å². The van der Waals surface area contributed by atoms with E-state index in [-0.39, 0.29) is 11.7 Å². The summed E-state index contributed by atoms with van der Waals surface area (Å²) in [5, 5.41) is 19.5. The summed E-state index contributed by atoms with van der Waals surface area (Å²) in [5.41, 5.74) is 2.95. The van der Waals surface area contributed by atoms with Gasteiger partial charge in [-0.2, -0.15) is 5.10 Å². The molecule has 0 aliphatic heterocycles. The standard InChI is InChI=1S/C20H15N3O4/c1-11-3-2-4-13(9-11)19(24)21-18-14-10-12(5-6-15(14)22-23-18)16-7-8-17(27-16)20(25)26/h2-10H,1H3,(H,25,26)(H2,21,22,23,24). The molecule has 2 heterocycles. The maximum atomic E-state index is 12.5. The highest BCUT2D eigenvalue weighted by Gasteiger charge is 2.14. The number of H-pyrrole nitrogens is 1. The van der Waals surface area contributed by atoms with E-state index in [4.69, 9.17) is 9.52 Å². The highest BCUT2D eigenvalue weighted by molar-refractivity contribution is 6.08. The number of aromatic carboxylic acids is 1. The van der Waals surface area contributed by atoms with Crippen molar-refractivity contribution in [3.05, 3.63) is 71.5 Å². The Bertz CT molecular complexity index is 1170. The van der Waals surface area contributed by atoms with E-state index in [2.05, 4.69) is 15.5 Å². The number of aryl methyl sites for hydroxylation is 1. The lowest BCUT2D eigenvalue weighted by atomic mass is 10.1. The first-order valence-electron chi connectivity index (χ1n) is 8.21. The molecule has 0 saturated heterocycles. The summed E-state index contributed by atoms with van der Waals surface area (Å²) in [6.07, 6.45) is 0. The average Bonchev–Trinajstić information content (AvgIpc) is 3.29. The van der Waals surface area contributed by atoms with Crippen molar-refractivity contribution < 1.29 is 19.1 Å². The molecule has 7 heteroatoms. The van der Waals surface area contributed by atoms with Crippen molar-refractivity contribution in [3.8, 4) is 11.3 Å². The van der Waals surface area contributed by atoms with Crippen molar-refractivity contribution in [1.82, 2.24) is 10.2 Å². The first kappa shape index (κ1) is 16.6. The SMILES string of the molecule is Cc1cccc(C(=O)Nc2n[nH]c3ccc(-c4ccc(C(=O)O)o4)cc23)c1. The fourth-order valence-electron chi connectivity index (χ4n) is 2.84. The van der Waals surface area contributed by atoms with E-state index in [1.807, 2.05) is 19.1 Å². The number of anilines is 1. The predicted molar refractivity (Wildman–Crippen MR) is 99.9 cm³/mol. The second-order valence-corrected chi connectivity index (χ2v) is 6.13. The predicted octanol–water partition coefficient (Wildman–Crippen LogP) is 4.08. The Balaban J connectivity index is 1.67. The van der Waals surface area contributed by atoms with E-state index in [0.717, 1.165) is 11.1 Å². The van der Waals surface area contributed by atoms with Crippen molar-refractivity contribution in [3.63, 3.8) is 0 Å². The van der Waals surface area contributed by atoms with Crippen molar-refractivity contribution in [2.75, 3.05) is 5.32 Å². The van der Waals surface area contributed by atoms with Crippen LogP contribution in [0.1, 0.15) is 26.5 Å². The first-order valence-corrected chi connectivity index (χ1v) is 8.21. The molecule has 0 fully saturated rings. The number of benzene rings is 2. The molecule has 0 unspecified atom stereocenters. The second-order valence-electron chi connectivity index (χ2n) is 6.13. The number of carbonyl (C=O) groups is 2. The fraction of sp³-hybridized carbons (Fsp3) is 0.0500. The van der Waals surface area contributed by atoms with Gasteiger partial charge in [-0.25, -0.2) is 4.79 Å². The van der Waals surface area contributed by atoms with Crippen molar-refractivity contribution >= 4 is 28.6 Å². The molecule has 0 radical (unpaired) electrons. The quantitative estimate of drug-likeness (QED) is 0.507. The van der Waals surface area contributed by atoms with E-state index in [0.29, 0.717) is 28.1 Å². The van der Waals surface area contributed by atoms with Crippen molar-refractivity contribution in [1.29, 1.82) is 0 Å². The second kappa shape index (κ2) is 6.45.